The van der Waals surface area contributed by atoms with Gasteiger partial charge in [0.1, 0.15) is 17.6 Å². The highest BCUT2D eigenvalue weighted by molar-refractivity contribution is 6.42. The van der Waals surface area contributed by atoms with Crippen molar-refractivity contribution in [1.82, 2.24) is 10.2 Å². The monoisotopic (exact) mass is 509 g/mol. The average Bonchev–Trinajstić information content (AvgIpc) is 3.34. The summed E-state index contributed by atoms with van der Waals surface area (Å²) in [6.45, 7) is 0.0138. The molecule has 0 spiro atoms. The molecule has 0 bridgehead atoms. The Morgan fingerprint density at radius 1 is 1.18 bits per heavy atom. The maximum Gasteiger partial charge on any atom is 0.330 e. The number of nitrogens with zero attached hydrogens (tertiary/aromatic N) is 1. The lowest BCUT2D eigenvalue weighted by Crippen LogP contribution is -2.55. The van der Waals surface area contributed by atoms with E-state index in [9.17, 15) is 24.6 Å². The number of hydrogen-bond donors (Lipinski definition) is 4. The number of carboxylic acid groups (broad SMARTS) is 1. The van der Waals surface area contributed by atoms with E-state index in [0.717, 1.165) is 25.7 Å². The van der Waals surface area contributed by atoms with Crippen LogP contribution in [0.2, 0.25) is 10.0 Å². The zero-order valence-electron chi connectivity index (χ0n) is 18.7. The second kappa shape index (κ2) is 10.1. The minimum Gasteiger partial charge on any atom is -0.479 e. The Kier molecular flexibility index (Phi) is 7.40. The van der Waals surface area contributed by atoms with Gasteiger partial charge >= 0.3 is 5.97 Å². The molecule has 5 atom stereocenters. The lowest BCUT2D eigenvalue weighted by Gasteiger charge is -2.30. The van der Waals surface area contributed by atoms with Gasteiger partial charge in [-0.2, -0.15) is 0 Å². The summed E-state index contributed by atoms with van der Waals surface area (Å²) in [6.07, 6.45) is 7.30. The average molecular weight is 510 g/mol. The topological polar surface area (TPSA) is 119 Å². The molecular weight excluding hydrogens is 481 g/mol. The Morgan fingerprint density at radius 2 is 1.97 bits per heavy atom. The number of carboxylic acids is 1. The van der Waals surface area contributed by atoms with Gasteiger partial charge in [0.25, 0.3) is 0 Å². The second-order valence-electron chi connectivity index (χ2n) is 9.36. The maximum atomic E-state index is 13.6. The summed E-state index contributed by atoms with van der Waals surface area (Å²) >= 11 is 12.2. The molecule has 2 heterocycles. The largest absolute Gasteiger partial charge is 0.479 e. The second-order valence-corrected chi connectivity index (χ2v) is 10.2. The highest BCUT2D eigenvalue weighted by atomic mass is 35.5. The van der Waals surface area contributed by atoms with E-state index < -0.39 is 35.6 Å². The Morgan fingerprint density at radius 3 is 2.71 bits per heavy atom. The van der Waals surface area contributed by atoms with E-state index in [1.54, 1.807) is 18.2 Å². The van der Waals surface area contributed by atoms with Gasteiger partial charge in [0.15, 0.2) is 0 Å². The molecule has 1 aromatic rings. The summed E-state index contributed by atoms with van der Waals surface area (Å²) in [4.78, 5) is 40.1. The Labute approximate surface area is 208 Å². The number of amides is 2. The number of aliphatic hydroxyl groups excluding tert-OH is 1. The first-order valence-corrected chi connectivity index (χ1v) is 12.4. The van der Waals surface area contributed by atoms with Gasteiger partial charge in [-0.15, -0.1) is 0 Å². The highest BCUT2D eigenvalue weighted by Crippen LogP contribution is 2.45. The van der Waals surface area contributed by atoms with Crippen molar-refractivity contribution in [2.24, 2.45) is 5.92 Å². The van der Waals surface area contributed by atoms with E-state index in [0.29, 0.717) is 28.6 Å². The molecule has 8 nitrogen and oxygen atoms in total. The molecule has 4 rings (SSSR count). The van der Waals surface area contributed by atoms with Crippen LogP contribution in [0.3, 0.4) is 0 Å². The molecule has 34 heavy (non-hydrogen) atoms. The van der Waals surface area contributed by atoms with Crippen LogP contribution in [-0.4, -0.2) is 63.2 Å². The van der Waals surface area contributed by atoms with E-state index >= 15 is 0 Å². The normalized spacial score (nSPS) is 33.1. The van der Waals surface area contributed by atoms with Crippen molar-refractivity contribution in [2.45, 2.75) is 68.7 Å². The predicted molar refractivity (Wildman–Crippen MR) is 129 cm³/mol. The highest BCUT2D eigenvalue weighted by Gasteiger charge is 2.61. The first-order chi connectivity index (χ1) is 16.2. The van der Waals surface area contributed by atoms with E-state index in [-0.39, 0.29) is 24.8 Å². The smallest absolute Gasteiger partial charge is 0.330 e. The fourth-order valence-corrected chi connectivity index (χ4v) is 5.16. The number of nitrogens with one attached hydrogen (secondary N) is 2. The zero-order valence-corrected chi connectivity index (χ0v) is 20.2. The Bertz CT molecular complexity index is 1000. The van der Waals surface area contributed by atoms with Gasteiger partial charge in [0.05, 0.1) is 16.1 Å². The number of allylic oxidation sites excluding steroid dienone is 1. The summed E-state index contributed by atoms with van der Waals surface area (Å²) < 4.78 is 0. The molecule has 1 aromatic carbocycles. The molecule has 2 amide bonds. The molecule has 3 aliphatic rings. The van der Waals surface area contributed by atoms with Crippen LogP contribution in [0.15, 0.2) is 30.4 Å². The SMILES string of the molecule is O=C1N[C@]2(C(=O)O)C[C@H]2/C=C\CCCCC[C@H](Nc2ccc(Cl)c(Cl)c2)C(=O)N2C[C@H](O)C[C@@H]12. The summed E-state index contributed by atoms with van der Waals surface area (Å²) in [5, 5.41) is 26.7. The third-order valence-electron chi connectivity index (χ3n) is 6.90. The van der Waals surface area contributed by atoms with Gasteiger partial charge in [-0.3, -0.25) is 9.59 Å². The van der Waals surface area contributed by atoms with Crippen molar-refractivity contribution in [3.05, 3.63) is 40.4 Å². The third kappa shape index (κ3) is 5.19. The minimum atomic E-state index is -1.35. The molecule has 0 aromatic heterocycles. The molecule has 2 fully saturated rings. The third-order valence-corrected chi connectivity index (χ3v) is 7.64. The maximum absolute atomic E-state index is 13.6. The van der Waals surface area contributed by atoms with Crippen LogP contribution in [0.25, 0.3) is 0 Å². The summed E-state index contributed by atoms with van der Waals surface area (Å²) in [5.74, 6) is -2.23. The Balaban J connectivity index is 1.60. The molecule has 0 radical (unpaired) electrons. The van der Waals surface area contributed by atoms with E-state index in [4.69, 9.17) is 23.2 Å². The summed E-state index contributed by atoms with van der Waals surface area (Å²) in [7, 11) is 0. The van der Waals surface area contributed by atoms with Gasteiger partial charge < -0.3 is 25.7 Å². The number of aliphatic carboxylic acids is 1. The number of hydrogen-bond acceptors (Lipinski definition) is 5. The Hall–Kier alpha value is -2.29. The van der Waals surface area contributed by atoms with E-state index in [2.05, 4.69) is 10.6 Å². The molecule has 1 saturated heterocycles. The van der Waals surface area contributed by atoms with Crippen LogP contribution in [0.1, 0.15) is 44.9 Å². The lowest BCUT2D eigenvalue weighted by molar-refractivity contribution is -0.145. The van der Waals surface area contributed by atoms with Crippen molar-refractivity contribution in [3.8, 4) is 0 Å². The summed E-state index contributed by atoms with van der Waals surface area (Å²) in [6, 6.07) is 3.44. The van der Waals surface area contributed by atoms with Gasteiger partial charge in [-0.25, -0.2) is 4.79 Å². The fraction of sp³-hybridized carbons (Fsp3) is 0.542. The zero-order chi connectivity index (χ0) is 24.5. The van der Waals surface area contributed by atoms with Gasteiger partial charge in [-0.1, -0.05) is 48.2 Å². The number of fused-ring (bicyclic) bond motifs is 2. The number of carbonyl (C=O) groups is 3. The molecule has 1 saturated carbocycles. The van der Waals surface area contributed by atoms with Crippen molar-refractivity contribution in [2.75, 3.05) is 11.9 Å². The number of carbonyl (C=O) groups excluding carboxylic acids is 2. The van der Waals surface area contributed by atoms with E-state index in [1.165, 1.54) is 4.90 Å². The van der Waals surface area contributed by atoms with Gasteiger partial charge in [0.2, 0.25) is 11.8 Å². The number of aliphatic hydroxyl groups is 1. The standard InChI is InChI=1S/C24H29Cl2N3O5/c25-17-9-8-15(10-18(17)26)27-19-7-5-3-1-2-4-6-14-12-24(14,23(33)34)28-21(31)20-11-16(30)13-29(20)22(19)32/h4,6,8-10,14,16,19-20,27,30H,1-3,5,7,11-13H2,(H,28,31)(H,33,34)/b6-4-/t14-,16-,19+,20+,24-/m1/s1. The number of anilines is 1. The van der Waals surface area contributed by atoms with Crippen LogP contribution in [0.5, 0.6) is 0 Å². The number of halogens is 2. The van der Waals surface area contributed by atoms with Crippen LogP contribution in [0.4, 0.5) is 5.69 Å². The molecule has 1 aliphatic carbocycles. The predicted octanol–water partition coefficient (Wildman–Crippen LogP) is 3.22. The molecule has 0 unspecified atom stereocenters. The lowest BCUT2D eigenvalue weighted by atomic mass is 10.0. The van der Waals surface area contributed by atoms with Gasteiger partial charge in [0, 0.05) is 24.6 Å². The van der Waals surface area contributed by atoms with Crippen LogP contribution in [-0.2, 0) is 14.4 Å². The molecular formula is C24H29Cl2N3O5. The molecule has 10 heteroatoms. The fourth-order valence-electron chi connectivity index (χ4n) is 4.87. The van der Waals surface area contributed by atoms with Crippen LogP contribution < -0.4 is 10.6 Å². The van der Waals surface area contributed by atoms with Crippen molar-refractivity contribution < 1.29 is 24.6 Å². The van der Waals surface area contributed by atoms with E-state index in [1.807, 2.05) is 12.2 Å². The minimum absolute atomic E-state index is 0.0138. The van der Waals surface area contributed by atoms with Crippen LogP contribution in [0, 0.1) is 5.92 Å². The van der Waals surface area contributed by atoms with Crippen molar-refractivity contribution in [3.63, 3.8) is 0 Å². The first-order valence-electron chi connectivity index (χ1n) is 11.6. The first kappa shape index (κ1) is 24.8. The number of benzene rings is 1. The van der Waals surface area contributed by atoms with Gasteiger partial charge in [-0.05, 0) is 43.9 Å². The van der Waals surface area contributed by atoms with Crippen molar-refractivity contribution >= 4 is 46.7 Å². The molecule has 2 aliphatic heterocycles. The van der Waals surface area contributed by atoms with Crippen LogP contribution >= 0.6 is 23.2 Å². The summed E-state index contributed by atoms with van der Waals surface area (Å²) in [5.41, 5.74) is -0.728. The molecule has 4 N–H and O–H groups in total. The molecule has 184 valence electrons. The quantitative estimate of drug-likeness (QED) is 0.464. The van der Waals surface area contributed by atoms with Crippen molar-refractivity contribution in [1.29, 1.82) is 0 Å². The number of rotatable bonds is 3.